The highest BCUT2D eigenvalue weighted by molar-refractivity contribution is 7.89. The first-order valence-electron chi connectivity index (χ1n) is 8.54. The number of carbonyl (C=O) groups excluding carboxylic acids is 1. The number of carboxylic acid groups (broad SMARTS) is 1. The lowest BCUT2D eigenvalue weighted by Crippen LogP contribution is -2.46. The Morgan fingerprint density at radius 1 is 1.23 bits per heavy atom. The van der Waals surface area contributed by atoms with E-state index in [-0.39, 0.29) is 37.1 Å². The third-order valence-electron chi connectivity index (χ3n) is 4.91. The molecule has 10 heteroatoms. The van der Waals surface area contributed by atoms with Crippen molar-refractivity contribution in [2.75, 3.05) is 19.7 Å². The molecule has 1 aromatic rings. The van der Waals surface area contributed by atoms with Crippen molar-refractivity contribution in [1.82, 2.24) is 9.62 Å². The van der Waals surface area contributed by atoms with Crippen LogP contribution < -0.4 is 5.32 Å². The van der Waals surface area contributed by atoms with E-state index in [9.17, 15) is 18.0 Å². The van der Waals surface area contributed by atoms with Gasteiger partial charge in [-0.15, -0.1) is 0 Å². The number of sulfonamides is 1. The van der Waals surface area contributed by atoms with Gasteiger partial charge in [-0.3, -0.25) is 4.79 Å². The van der Waals surface area contributed by atoms with E-state index >= 15 is 0 Å². The number of amides is 1. The molecule has 2 saturated heterocycles. The van der Waals surface area contributed by atoms with Crippen LogP contribution in [0.4, 0.5) is 0 Å². The first-order chi connectivity index (χ1) is 12.3. The van der Waals surface area contributed by atoms with E-state index in [1.54, 1.807) is 0 Å². The summed E-state index contributed by atoms with van der Waals surface area (Å²) >= 11 is 0. The molecule has 2 N–H and O–H groups in total. The Morgan fingerprint density at radius 3 is 2.46 bits per heavy atom. The van der Waals surface area contributed by atoms with E-state index in [4.69, 9.17) is 14.3 Å². The first-order valence-corrected chi connectivity index (χ1v) is 9.98. The number of piperidine rings is 1. The summed E-state index contributed by atoms with van der Waals surface area (Å²) in [5.74, 6) is -2.08. The molecule has 26 heavy (non-hydrogen) atoms. The van der Waals surface area contributed by atoms with Gasteiger partial charge in [0.25, 0.3) is 10.0 Å². The van der Waals surface area contributed by atoms with Gasteiger partial charge in [0.15, 0.2) is 0 Å². The second-order valence-corrected chi connectivity index (χ2v) is 8.45. The molecule has 3 rings (SSSR count). The summed E-state index contributed by atoms with van der Waals surface area (Å²) in [6, 6.07) is 2.25. The summed E-state index contributed by atoms with van der Waals surface area (Å²) in [4.78, 5) is 23.2. The number of nitrogens with zero attached hydrogens (tertiary/aromatic N) is 1. The Bertz CT molecular complexity index is 780. The minimum Gasteiger partial charge on any atom is -0.475 e. The fourth-order valence-corrected chi connectivity index (χ4v) is 4.66. The monoisotopic (exact) mass is 386 g/mol. The van der Waals surface area contributed by atoms with Crippen LogP contribution in [-0.4, -0.2) is 61.5 Å². The molecule has 1 amide bonds. The van der Waals surface area contributed by atoms with Crippen LogP contribution in [0.25, 0.3) is 0 Å². The number of hydrogen-bond donors (Lipinski definition) is 2. The van der Waals surface area contributed by atoms with Crippen molar-refractivity contribution >= 4 is 21.9 Å². The highest BCUT2D eigenvalue weighted by Crippen LogP contribution is 2.26. The molecule has 0 spiro atoms. The highest BCUT2D eigenvalue weighted by atomic mass is 32.2. The Hall–Kier alpha value is -1.91. The predicted molar refractivity (Wildman–Crippen MR) is 89.1 cm³/mol. The molecule has 0 aliphatic carbocycles. The van der Waals surface area contributed by atoms with Gasteiger partial charge in [-0.1, -0.05) is 0 Å². The van der Waals surface area contributed by atoms with Crippen LogP contribution in [0.2, 0.25) is 0 Å². The van der Waals surface area contributed by atoms with Crippen LogP contribution in [0.15, 0.2) is 21.6 Å². The molecule has 2 aliphatic rings. The average Bonchev–Trinajstić information content (AvgIpc) is 3.25. The van der Waals surface area contributed by atoms with Gasteiger partial charge >= 0.3 is 5.97 Å². The SMILES string of the molecule is CC1OCCC1NC(=O)C1CCN(S(=O)(=O)c2ccc(C(=O)O)o2)CC1. The van der Waals surface area contributed by atoms with Crippen molar-refractivity contribution in [2.24, 2.45) is 5.92 Å². The van der Waals surface area contributed by atoms with Crippen molar-refractivity contribution in [3.8, 4) is 0 Å². The molecule has 3 heterocycles. The van der Waals surface area contributed by atoms with E-state index in [0.717, 1.165) is 18.6 Å². The molecule has 0 radical (unpaired) electrons. The normalized spacial score (nSPS) is 25.3. The van der Waals surface area contributed by atoms with Gasteiger partial charge in [-0.2, -0.15) is 4.31 Å². The van der Waals surface area contributed by atoms with Crippen LogP contribution >= 0.6 is 0 Å². The molecule has 0 aromatic carbocycles. The van der Waals surface area contributed by atoms with E-state index in [1.807, 2.05) is 6.92 Å². The fraction of sp³-hybridized carbons (Fsp3) is 0.625. The lowest BCUT2D eigenvalue weighted by atomic mass is 9.96. The third kappa shape index (κ3) is 3.76. The van der Waals surface area contributed by atoms with E-state index < -0.39 is 26.8 Å². The van der Waals surface area contributed by atoms with Crippen LogP contribution in [0.1, 0.15) is 36.7 Å². The van der Waals surface area contributed by atoms with Gasteiger partial charge in [0.1, 0.15) is 0 Å². The predicted octanol–water partition coefficient (Wildman–Crippen LogP) is 0.672. The van der Waals surface area contributed by atoms with Crippen LogP contribution in [0.5, 0.6) is 0 Å². The lowest BCUT2D eigenvalue weighted by Gasteiger charge is -2.30. The Morgan fingerprint density at radius 2 is 1.92 bits per heavy atom. The maximum Gasteiger partial charge on any atom is 0.371 e. The topological polar surface area (TPSA) is 126 Å². The van der Waals surface area contributed by atoms with Crippen LogP contribution in [0, 0.1) is 5.92 Å². The van der Waals surface area contributed by atoms with Crippen LogP contribution in [-0.2, 0) is 19.6 Å². The molecule has 1 aromatic heterocycles. The summed E-state index contributed by atoms with van der Waals surface area (Å²) in [5, 5.41) is 11.4. The molecule has 9 nitrogen and oxygen atoms in total. The zero-order chi connectivity index (χ0) is 18.9. The number of aromatic carboxylic acids is 1. The van der Waals surface area contributed by atoms with Gasteiger partial charge in [-0.05, 0) is 38.3 Å². The van der Waals surface area contributed by atoms with Gasteiger partial charge < -0.3 is 19.6 Å². The van der Waals surface area contributed by atoms with Gasteiger partial charge in [0, 0.05) is 25.6 Å². The summed E-state index contributed by atoms with van der Waals surface area (Å²) in [7, 11) is -3.90. The summed E-state index contributed by atoms with van der Waals surface area (Å²) < 4.78 is 36.7. The number of hydrogen-bond acceptors (Lipinski definition) is 6. The van der Waals surface area contributed by atoms with E-state index in [0.29, 0.717) is 19.4 Å². The fourth-order valence-electron chi connectivity index (χ4n) is 3.28. The summed E-state index contributed by atoms with van der Waals surface area (Å²) in [6.45, 7) is 2.91. The van der Waals surface area contributed by atoms with Gasteiger partial charge in [0.2, 0.25) is 16.8 Å². The van der Waals surface area contributed by atoms with Crippen molar-refractivity contribution in [3.05, 3.63) is 17.9 Å². The number of carboxylic acids is 1. The van der Waals surface area contributed by atoms with Crippen molar-refractivity contribution < 1.29 is 32.3 Å². The Labute approximate surface area is 151 Å². The number of ether oxygens (including phenoxy) is 1. The third-order valence-corrected chi connectivity index (χ3v) is 6.69. The minimum atomic E-state index is -3.90. The van der Waals surface area contributed by atoms with Crippen molar-refractivity contribution in [3.63, 3.8) is 0 Å². The molecular formula is C16H22N2O7S. The van der Waals surface area contributed by atoms with E-state index in [2.05, 4.69) is 5.32 Å². The zero-order valence-electron chi connectivity index (χ0n) is 14.4. The summed E-state index contributed by atoms with van der Waals surface area (Å²) in [6.07, 6.45) is 1.57. The number of nitrogens with one attached hydrogen (secondary N) is 1. The molecule has 2 fully saturated rings. The molecule has 2 atom stereocenters. The second kappa shape index (κ2) is 7.37. The molecule has 2 aliphatic heterocycles. The van der Waals surface area contributed by atoms with Crippen molar-refractivity contribution in [2.45, 2.75) is 43.4 Å². The minimum absolute atomic E-state index is 0.00169. The largest absolute Gasteiger partial charge is 0.475 e. The smallest absolute Gasteiger partial charge is 0.371 e. The highest BCUT2D eigenvalue weighted by Gasteiger charge is 2.35. The maximum atomic E-state index is 12.5. The lowest BCUT2D eigenvalue weighted by molar-refractivity contribution is -0.127. The number of rotatable bonds is 5. The van der Waals surface area contributed by atoms with Gasteiger partial charge in [-0.25, -0.2) is 13.2 Å². The number of carbonyl (C=O) groups is 2. The number of furan rings is 1. The molecule has 0 bridgehead atoms. The maximum absolute atomic E-state index is 12.5. The van der Waals surface area contributed by atoms with E-state index in [1.165, 1.54) is 4.31 Å². The molecule has 2 unspecified atom stereocenters. The summed E-state index contributed by atoms with van der Waals surface area (Å²) in [5.41, 5.74) is 0. The standard InChI is InChI=1S/C16H22N2O7S/c1-10-12(6-9-24-10)17-15(19)11-4-7-18(8-5-11)26(22,23)14-3-2-13(25-14)16(20)21/h2-3,10-12H,4-9H2,1H3,(H,17,19)(H,20,21). The molecule has 0 saturated carbocycles. The second-order valence-electron chi connectivity index (χ2n) is 6.58. The molecular weight excluding hydrogens is 364 g/mol. The quantitative estimate of drug-likeness (QED) is 0.762. The van der Waals surface area contributed by atoms with Crippen LogP contribution in [0.3, 0.4) is 0 Å². The first kappa shape index (κ1) is 18.9. The Balaban J connectivity index is 1.58. The molecule has 144 valence electrons. The van der Waals surface area contributed by atoms with Crippen molar-refractivity contribution in [1.29, 1.82) is 0 Å². The zero-order valence-corrected chi connectivity index (χ0v) is 15.2. The average molecular weight is 386 g/mol. The Kier molecular flexibility index (Phi) is 5.35. The van der Waals surface area contributed by atoms with Gasteiger partial charge in [0.05, 0.1) is 12.1 Å².